The van der Waals surface area contributed by atoms with E-state index in [1.165, 1.54) is 19.2 Å². The van der Waals surface area contributed by atoms with E-state index in [0.717, 1.165) is 11.1 Å². The molecule has 0 saturated carbocycles. The number of urea groups is 1. The summed E-state index contributed by atoms with van der Waals surface area (Å²) in [7, 11) is 1.51. The quantitative estimate of drug-likeness (QED) is 0.176. The van der Waals surface area contributed by atoms with Gasteiger partial charge >= 0.3 is 12.0 Å². The molecule has 0 aliphatic heterocycles. The summed E-state index contributed by atoms with van der Waals surface area (Å²) in [4.78, 5) is 41.1. The third kappa shape index (κ3) is 10.3. The van der Waals surface area contributed by atoms with Crippen LogP contribution in [0.25, 0.3) is 0 Å². The van der Waals surface area contributed by atoms with Crippen LogP contribution in [0.3, 0.4) is 0 Å². The number of carbonyl (C=O) groups is 3. The highest BCUT2D eigenvalue weighted by atomic mass is 16.5. The van der Waals surface area contributed by atoms with E-state index in [9.17, 15) is 14.4 Å². The van der Waals surface area contributed by atoms with Crippen LogP contribution in [0.1, 0.15) is 21.5 Å². The minimum absolute atomic E-state index is 0.105. The lowest BCUT2D eigenvalue weighted by Gasteiger charge is -2.27. The number of nitrogens with zero attached hydrogens (tertiary/aromatic N) is 2. The van der Waals surface area contributed by atoms with Gasteiger partial charge in [0.05, 0.1) is 31.3 Å². The van der Waals surface area contributed by atoms with Gasteiger partial charge in [0, 0.05) is 31.9 Å². The molecule has 10 nitrogen and oxygen atoms in total. The molecule has 10 heteroatoms. The predicted molar refractivity (Wildman–Crippen MR) is 173 cm³/mol. The summed E-state index contributed by atoms with van der Waals surface area (Å²) in [6, 6.07) is 18.4. The van der Waals surface area contributed by atoms with E-state index in [-0.39, 0.29) is 24.5 Å². The molecule has 0 radical (unpaired) electrons. The smallest absolute Gasteiger partial charge is 0.335 e. The molecule has 0 saturated heterocycles. The third-order valence-corrected chi connectivity index (χ3v) is 6.81. The number of amides is 3. The zero-order chi connectivity index (χ0) is 31.9. The van der Waals surface area contributed by atoms with Crippen LogP contribution in [-0.4, -0.2) is 79.3 Å². The van der Waals surface area contributed by atoms with Gasteiger partial charge in [-0.05, 0) is 60.5 Å². The van der Waals surface area contributed by atoms with Crippen molar-refractivity contribution in [1.82, 2.24) is 9.80 Å². The molecule has 232 valence electrons. The molecule has 3 N–H and O–H groups in total. The topological polar surface area (TPSA) is 120 Å². The normalized spacial score (nSPS) is 10.5. The molecule has 3 amide bonds. The van der Waals surface area contributed by atoms with Crippen LogP contribution in [0.2, 0.25) is 0 Å². The Morgan fingerprint density at radius 2 is 1.57 bits per heavy atom. The van der Waals surface area contributed by atoms with Crippen LogP contribution in [0.5, 0.6) is 11.5 Å². The van der Waals surface area contributed by atoms with Crippen molar-refractivity contribution in [2.24, 2.45) is 0 Å². The molecule has 3 aromatic rings. The molecule has 3 rings (SSSR count). The van der Waals surface area contributed by atoms with E-state index in [0.29, 0.717) is 55.6 Å². The summed E-state index contributed by atoms with van der Waals surface area (Å²) in [5.74, 6) is -0.172. The van der Waals surface area contributed by atoms with Gasteiger partial charge in [-0.1, -0.05) is 36.4 Å². The molecule has 0 heterocycles. The lowest BCUT2D eigenvalue weighted by Crippen LogP contribution is -2.41. The SMILES string of the molecule is C=CCN(CC=C)CCN(CCOc1ccc(C(=O)O)cc1)C(=O)Cc1ccc(NC(=O)Nc2ccccc2C)c(OC)c1. The predicted octanol–water partition coefficient (Wildman–Crippen LogP) is 5.47. The Kier molecular flexibility index (Phi) is 13.0. The van der Waals surface area contributed by atoms with Gasteiger partial charge in [0.2, 0.25) is 5.91 Å². The number of nitrogens with one attached hydrogen (secondary N) is 2. The van der Waals surface area contributed by atoms with Crippen LogP contribution in [0.4, 0.5) is 16.2 Å². The van der Waals surface area contributed by atoms with Crippen molar-refractivity contribution in [3.8, 4) is 11.5 Å². The van der Waals surface area contributed by atoms with Gasteiger partial charge in [0.15, 0.2) is 0 Å². The number of methoxy groups -OCH3 is 1. The van der Waals surface area contributed by atoms with E-state index < -0.39 is 12.0 Å². The standard InChI is InChI=1S/C34H40N4O6/c1-5-17-37(18-6-2)19-20-38(21-22-44-28-14-12-27(13-15-28)33(40)41)32(39)24-26-11-16-30(31(23-26)43-4)36-34(42)35-29-10-8-7-9-25(29)3/h5-16,23H,1-2,17-22,24H2,3-4H3,(H,40,41)(H2,35,36,42). The second-order valence-corrected chi connectivity index (χ2v) is 10.0. The maximum Gasteiger partial charge on any atom is 0.335 e. The van der Waals surface area contributed by atoms with Gasteiger partial charge in [0.1, 0.15) is 18.1 Å². The number of benzene rings is 3. The average Bonchev–Trinajstić information content (AvgIpc) is 3.01. The number of carboxylic acid groups (broad SMARTS) is 1. The number of anilines is 2. The molecule has 0 unspecified atom stereocenters. The summed E-state index contributed by atoms with van der Waals surface area (Å²) in [6.45, 7) is 12.5. The summed E-state index contributed by atoms with van der Waals surface area (Å²) in [5, 5.41) is 14.7. The summed E-state index contributed by atoms with van der Waals surface area (Å²) < 4.78 is 11.3. The van der Waals surface area contributed by atoms with Crippen molar-refractivity contribution in [2.45, 2.75) is 13.3 Å². The number of hydrogen-bond acceptors (Lipinski definition) is 6. The van der Waals surface area contributed by atoms with Gasteiger partial charge in [-0.3, -0.25) is 9.69 Å². The molecule has 3 aromatic carbocycles. The van der Waals surface area contributed by atoms with E-state index >= 15 is 0 Å². The van der Waals surface area contributed by atoms with E-state index in [1.54, 1.807) is 35.2 Å². The second kappa shape index (κ2) is 17.1. The molecule has 0 fully saturated rings. The van der Waals surface area contributed by atoms with Crippen molar-refractivity contribution in [3.05, 3.63) is 109 Å². The van der Waals surface area contributed by atoms with Gasteiger partial charge in [-0.2, -0.15) is 0 Å². The fourth-order valence-corrected chi connectivity index (χ4v) is 4.44. The van der Waals surface area contributed by atoms with Gasteiger partial charge in [-0.15, -0.1) is 13.2 Å². The number of hydrogen-bond donors (Lipinski definition) is 3. The van der Waals surface area contributed by atoms with E-state index in [2.05, 4.69) is 28.7 Å². The molecule has 0 spiro atoms. The van der Waals surface area contributed by atoms with Crippen molar-refractivity contribution < 1.29 is 29.0 Å². The summed E-state index contributed by atoms with van der Waals surface area (Å²) >= 11 is 0. The fraction of sp³-hybridized carbons (Fsp3) is 0.265. The second-order valence-electron chi connectivity index (χ2n) is 10.0. The van der Waals surface area contributed by atoms with Crippen LogP contribution in [0, 0.1) is 6.92 Å². The Morgan fingerprint density at radius 3 is 2.20 bits per heavy atom. The van der Waals surface area contributed by atoms with E-state index in [1.807, 2.05) is 43.3 Å². The van der Waals surface area contributed by atoms with Crippen LogP contribution >= 0.6 is 0 Å². The molecule has 0 aliphatic rings. The number of carboxylic acids is 1. The number of carbonyl (C=O) groups excluding carboxylic acids is 2. The lowest BCUT2D eigenvalue weighted by molar-refractivity contribution is -0.131. The highest BCUT2D eigenvalue weighted by molar-refractivity contribution is 6.01. The molecule has 44 heavy (non-hydrogen) atoms. The van der Waals surface area contributed by atoms with Gasteiger partial charge in [-0.25, -0.2) is 9.59 Å². The zero-order valence-electron chi connectivity index (χ0n) is 25.3. The summed E-state index contributed by atoms with van der Waals surface area (Å²) in [5.41, 5.74) is 3.00. The monoisotopic (exact) mass is 600 g/mol. The Labute approximate surface area is 258 Å². The number of rotatable bonds is 17. The van der Waals surface area contributed by atoms with Gasteiger partial charge < -0.3 is 30.1 Å². The van der Waals surface area contributed by atoms with Gasteiger partial charge in [0.25, 0.3) is 0 Å². The van der Waals surface area contributed by atoms with Crippen molar-refractivity contribution in [1.29, 1.82) is 0 Å². The maximum absolute atomic E-state index is 13.5. The van der Waals surface area contributed by atoms with Crippen LogP contribution < -0.4 is 20.1 Å². The molecule has 0 aliphatic carbocycles. The number of aryl methyl sites for hydroxylation is 1. The Bertz CT molecular complexity index is 1430. The third-order valence-electron chi connectivity index (χ3n) is 6.81. The number of para-hydroxylation sites is 1. The summed E-state index contributed by atoms with van der Waals surface area (Å²) in [6.07, 6.45) is 3.73. The Morgan fingerprint density at radius 1 is 0.886 bits per heavy atom. The minimum atomic E-state index is -1.01. The fourth-order valence-electron chi connectivity index (χ4n) is 4.44. The van der Waals surface area contributed by atoms with Crippen molar-refractivity contribution >= 4 is 29.3 Å². The first-order valence-corrected chi connectivity index (χ1v) is 14.2. The first-order chi connectivity index (χ1) is 21.2. The minimum Gasteiger partial charge on any atom is -0.495 e. The lowest BCUT2D eigenvalue weighted by atomic mass is 10.1. The Hall–Kier alpha value is -5.09. The van der Waals surface area contributed by atoms with Crippen molar-refractivity contribution in [3.63, 3.8) is 0 Å². The van der Waals surface area contributed by atoms with Crippen LogP contribution in [0.15, 0.2) is 92.0 Å². The Balaban J connectivity index is 1.67. The highest BCUT2D eigenvalue weighted by Gasteiger charge is 2.18. The largest absolute Gasteiger partial charge is 0.495 e. The number of aromatic carboxylic acids is 1. The van der Waals surface area contributed by atoms with Crippen molar-refractivity contribution in [2.75, 3.05) is 57.1 Å². The average molecular weight is 601 g/mol. The van der Waals surface area contributed by atoms with Crippen LogP contribution in [-0.2, 0) is 11.2 Å². The molecular weight excluding hydrogens is 560 g/mol. The van der Waals surface area contributed by atoms with E-state index in [4.69, 9.17) is 14.6 Å². The molecular formula is C34H40N4O6. The molecule has 0 aromatic heterocycles. The zero-order valence-corrected chi connectivity index (χ0v) is 25.3. The first kappa shape index (κ1) is 33.4. The number of ether oxygens (including phenoxy) is 2. The first-order valence-electron chi connectivity index (χ1n) is 14.2. The molecule has 0 atom stereocenters. The highest BCUT2D eigenvalue weighted by Crippen LogP contribution is 2.26. The maximum atomic E-state index is 13.5. The molecule has 0 bridgehead atoms.